The lowest BCUT2D eigenvalue weighted by molar-refractivity contribution is 0.242. The van der Waals surface area contributed by atoms with Gasteiger partial charge in [0.25, 0.3) is 0 Å². The molecule has 20 heavy (non-hydrogen) atoms. The van der Waals surface area contributed by atoms with Crippen LogP contribution in [-0.4, -0.2) is 38.6 Å². The zero-order valence-electron chi connectivity index (χ0n) is 11.5. The average molecular weight is 298 g/mol. The Morgan fingerprint density at radius 2 is 2.05 bits per heavy atom. The van der Waals surface area contributed by atoms with Crippen molar-refractivity contribution in [3.63, 3.8) is 0 Å². The fourth-order valence-corrected chi connectivity index (χ4v) is 4.38. The molecule has 0 radical (unpaired) electrons. The highest BCUT2D eigenvalue weighted by atomic mass is 32.2. The van der Waals surface area contributed by atoms with Gasteiger partial charge in [0.05, 0.1) is 29.8 Å². The van der Waals surface area contributed by atoms with Crippen molar-refractivity contribution in [3.8, 4) is 5.75 Å². The summed E-state index contributed by atoms with van der Waals surface area (Å²) in [4.78, 5) is 12.0. The summed E-state index contributed by atoms with van der Waals surface area (Å²) in [6, 6.07) is 6.59. The molecule has 0 aromatic heterocycles. The number of carbonyl (C=O) groups excluding carboxylic acids is 1. The third-order valence-electron chi connectivity index (χ3n) is 3.27. The van der Waals surface area contributed by atoms with E-state index in [4.69, 9.17) is 4.74 Å². The quantitative estimate of drug-likeness (QED) is 0.883. The van der Waals surface area contributed by atoms with Crippen LogP contribution in [-0.2, 0) is 9.84 Å². The van der Waals surface area contributed by atoms with Crippen LogP contribution in [0.15, 0.2) is 24.3 Å². The van der Waals surface area contributed by atoms with E-state index in [1.807, 2.05) is 0 Å². The minimum absolute atomic E-state index is 0.0284. The van der Waals surface area contributed by atoms with Crippen LogP contribution in [0.25, 0.3) is 0 Å². The van der Waals surface area contributed by atoms with Crippen molar-refractivity contribution in [1.82, 2.24) is 5.32 Å². The molecule has 6 nitrogen and oxygen atoms in total. The summed E-state index contributed by atoms with van der Waals surface area (Å²) in [5, 5.41) is 5.40. The van der Waals surface area contributed by atoms with E-state index < -0.39 is 21.4 Å². The smallest absolute Gasteiger partial charge is 0.319 e. The van der Waals surface area contributed by atoms with Crippen LogP contribution in [0.2, 0.25) is 0 Å². The van der Waals surface area contributed by atoms with Crippen LogP contribution >= 0.6 is 0 Å². The van der Waals surface area contributed by atoms with Gasteiger partial charge in [0.2, 0.25) is 0 Å². The number of anilines is 1. The Labute approximate surface area is 118 Å². The van der Waals surface area contributed by atoms with E-state index >= 15 is 0 Å². The molecule has 0 saturated carbocycles. The van der Waals surface area contributed by atoms with Gasteiger partial charge in [-0.3, -0.25) is 0 Å². The Bertz CT molecular complexity index is 615. The van der Waals surface area contributed by atoms with Crippen molar-refractivity contribution in [1.29, 1.82) is 0 Å². The van der Waals surface area contributed by atoms with E-state index in [9.17, 15) is 13.2 Å². The number of hydrogen-bond donors (Lipinski definition) is 2. The van der Waals surface area contributed by atoms with E-state index in [0.717, 1.165) is 0 Å². The lowest BCUT2D eigenvalue weighted by Crippen LogP contribution is -2.48. The Kier molecular flexibility index (Phi) is 3.89. The van der Waals surface area contributed by atoms with Crippen LogP contribution in [0.5, 0.6) is 5.75 Å². The number of nitrogens with one attached hydrogen (secondary N) is 2. The molecule has 1 fully saturated rings. The van der Waals surface area contributed by atoms with Crippen molar-refractivity contribution in [2.75, 3.05) is 23.9 Å². The second-order valence-corrected chi connectivity index (χ2v) is 7.37. The number of amides is 2. The number of para-hydroxylation sites is 2. The maximum absolute atomic E-state index is 12.0. The molecule has 1 heterocycles. The van der Waals surface area contributed by atoms with Crippen molar-refractivity contribution in [2.24, 2.45) is 0 Å². The number of carbonyl (C=O) groups is 1. The van der Waals surface area contributed by atoms with Gasteiger partial charge in [0, 0.05) is 0 Å². The monoisotopic (exact) mass is 298 g/mol. The summed E-state index contributed by atoms with van der Waals surface area (Å²) in [5.74, 6) is 0.629. The number of sulfone groups is 1. The lowest BCUT2D eigenvalue weighted by atomic mass is 10.0. The molecule has 1 aliphatic heterocycles. The zero-order chi connectivity index (χ0) is 14.8. The second-order valence-electron chi connectivity index (χ2n) is 5.18. The molecule has 1 aliphatic rings. The van der Waals surface area contributed by atoms with Gasteiger partial charge in [-0.1, -0.05) is 12.1 Å². The Morgan fingerprint density at radius 3 is 2.65 bits per heavy atom. The second kappa shape index (κ2) is 5.32. The fourth-order valence-electron chi connectivity index (χ4n) is 2.28. The number of hydrogen-bond acceptors (Lipinski definition) is 4. The van der Waals surface area contributed by atoms with Gasteiger partial charge in [-0.25, -0.2) is 13.2 Å². The lowest BCUT2D eigenvalue weighted by Gasteiger charge is -2.24. The molecular weight excluding hydrogens is 280 g/mol. The predicted molar refractivity (Wildman–Crippen MR) is 76.8 cm³/mol. The van der Waals surface area contributed by atoms with Gasteiger partial charge in [0.15, 0.2) is 9.84 Å². The Morgan fingerprint density at radius 1 is 1.35 bits per heavy atom. The van der Waals surface area contributed by atoms with E-state index in [-0.39, 0.29) is 11.5 Å². The summed E-state index contributed by atoms with van der Waals surface area (Å²) < 4.78 is 28.1. The molecule has 2 amide bonds. The normalized spacial score (nSPS) is 24.1. The molecule has 1 aromatic carbocycles. The topological polar surface area (TPSA) is 84.5 Å². The average Bonchev–Trinajstić information content (AvgIpc) is 2.63. The number of methoxy groups -OCH3 is 1. The standard InChI is InChI=1S/C13H18N2O4S/c1-13(7-8-20(17,18)9-13)15-12(16)14-10-5-3-4-6-11(10)19-2/h3-6H,7-9H2,1-2H3,(H2,14,15,16)/t13-/m0/s1. The van der Waals surface area contributed by atoms with E-state index in [0.29, 0.717) is 17.9 Å². The van der Waals surface area contributed by atoms with Crippen LogP contribution in [0, 0.1) is 0 Å². The first-order valence-electron chi connectivity index (χ1n) is 6.26. The van der Waals surface area contributed by atoms with Crippen molar-refractivity contribution >= 4 is 21.6 Å². The number of ether oxygens (including phenoxy) is 1. The number of rotatable bonds is 3. The van der Waals surface area contributed by atoms with Crippen LogP contribution in [0.3, 0.4) is 0 Å². The van der Waals surface area contributed by atoms with Crippen molar-refractivity contribution < 1.29 is 17.9 Å². The molecule has 7 heteroatoms. The first-order valence-corrected chi connectivity index (χ1v) is 8.08. The van der Waals surface area contributed by atoms with Crippen molar-refractivity contribution in [3.05, 3.63) is 24.3 Å². The Hall–Kier alpha value is -1.76. The molecule has 0 spiro atoms. The van der Waals surface area contributed by atoms with Gasteiger partial charge in [-0.05, 0) is 25.5 Å². The van der Waals surface area contributed by atoms with Crippen LogP contribution in [0.4, 0.5) is 10.5 Å². The fraction of sp³-hybridized carbons (Fsp3) is 0.462. The maximum atomic E-state index is 12.0. The van der Waals surface area contributed by atoms with Crippen LogP contribution < -0.4 is 15.4 Å². The molecule has 0 aliphatic carbocycles. The highest BCUT2D eigenvalue weighted by Crippen LogP contribution is 2.25. The van der Waals surface area contributed by atoms with Gasteiger partial charge in [-0.15, -0.1) is 0 Å². The SMILES string of the molecule is COc1ccccc1NC(=O)N[C@@]1(C)CCS(=O)(=O)C1. The Balaban J connectivity index is 2.03. The molecule has 0 bridgehead atoms. The molecular formula is C13H18N2O4S. The van der Waals surface area contributed by atoms with E-state index in [2.05, 4.69) is 10.6 Å². The van der Waals surface area contributed by atoms with Gasteiger partial charge in [0.1, 0.15) is 5.75 Å². The van der Waals surface area contributed by atoms with Crippen molar-refractivity contribution in [2.45, 2.75) is 18.9 Å². The first kappa shape index (κ1) is 14.6. The summed E-state index contributed by atoms with van der Waals surface area (Å²) >= 11 is 0. The molecule has 0 unspecified atom stereocenters. The highest BCUT2D eigenvalue weighted by molar-refractivity contribution is 7.91. The van der Waals surface area contributed by atoms with E-state index in [1.54, 1.807) is 31.2 Å². The largest absolute Gasteiger partial charge is 0.495 e. The van der Waals surface area contributed by atoms with Gasteiger partial charge >= 0.3 is 6.03 Å². The molecule has 1 atom stereocenters. The zero-order valence-corrected chi connectivity index (χ0v) is 12.3. The third kappa shape index (κ3) is 3.41. The van der Waals surface area contributed by atoms with E-state index in [1.165, 1.54) is 7.11 Å². The minimum Gasteiger partial charge on any atom is -0.495 e. The van der Waals surface area contributed by atoms with Gasteiger partial charge < -0.3 is 15.4 Å². The summed E-state index contributed by atoms with van der Waals surface area (Å²) in [6.07, 6.45) is 0.425. The molecule has 110 valence electrons. The number of urea groups is 1. The predicted octanol–water partition coefficient (Wildman–Crippen LogP) is 1.39. The molecule has 1 aromatic rings. The maximum Gasteiger partial charge on any atom is 0.319 e. The summed E-state index contributed by atoms with van der Waals surface area (Å²) in [5.41, 5.74) is -0.178. The number of benzene rings is 1. The highest BCUT2D eigenvalue weighted by Gasteiger charge is 2.39. The summed E-state index contributed by atoms with van der Waals surface area (Å²) in [7, 11) is -1.54. The molecule has 2 rings (SSSR count). The molecule has 2 N–H and O–H groups in total. The summed E-state index contributed by atoms with van der Waals surface area (Å²) in [6.45, 7) is 1.74. The van der Waals surface area contributed by atoms with Gasteiger partial charge in [-0.2, -0.15) is 0 Å². The first-order chi connectivity index (χ1) is 9.34. The minimum atomic E-state index is -3.05. The van der Waals surface area contributed by atoms with Crippen LogP contribution in [0.1, 0.15) is 13.3 Å². The third-order valence-corrected chi connectivity index (χ3v) is 5.18. The molecule has 1 saturated heterocycles.